The Labute approximate surface area is 118 Å². The molecule has 0 atom stereocenters. The summed E-state index contributed by atoms with van der Waals surface area (Å²) in [6, 6.07) is 6.12. The zero-order valence-electron chi connectivity index (χ0n) is 10.5. The maximum absolute atomic E-state index is 13.6. The third-order valence-corrected chi connectivity index (χ3v) is 3.31. The first-order valence-corrected chi connectivity index (χ1v) is 6.59. The molecule has 0 spiro atoms. The fourth-order valence-corrected chi connectivity index (χ4v) is 2.11. The minimum atomic E-state index is -0.577. The number of nitrogens with one attached hydrogen (secondary N) is 2. The van der Waals surface area contributed by atoms with E-state index >= 15 is 0 Å². The van der Waals surface area contributed by atoms with Crippen LogP contribution in [0.2, 0.25) is 0 Å². The van der Waals surface area contributed by atoms with Gasteiger partial charge in [0.2, 0.25) is 0 Å². The zero-order chi connectivity index (χ0) is 14.0. The predicted molar refractivity (Wildman–Crippen MR) is 74.7 cm³/mol. The highest BCUT2D eigenvalue weighted by Crippen LogP contribution is 2.21. The molecule has 0 saturated heterocycles. The second-order valence-electron chi connectivity index (χ2n) is 4.41. The van der Waals surface area contributed by atoms with E-state index < -0.39 is 11.7 Å². The Balaban J connectivity index is 2.21. The lowest BCUT2D eigenvalue weighted by atomic mass is 10.1. The predicted octanol–water partition coefficient (Wildman–Crippen LogP) is 3.69. The lowest BCUT2D eigenvalue weighted by molar-refractivity contribution is 0.102. The molecule has 2 rings (SSSR count). The van der Waals surface area contributed by atoms with Crippen molar-refractivity contribution in [3.63, 3.8) is 0 Å². The smallest absolute Gasteiger partial charge is 0.260 e. The quantitative estimate of drug-likeness (QED) is 0.904. The van der Waals surface area contributed by atoms with Crippen LogP contribution in [0.25, 0.3) is 0 Å². The molecule has 19 heavy (non-hydrogen) atoms. The van der Waals surface area contributed by atoms with Crippen molar-refractivity contribution in [1.82, 2.24) is 10.2 Å². The van der Waals surface area contributed by atoms with Crippen LogP contribution in [0.15, 0.2) is 28.7 Å². The number of hydrogen-bond donors (Lipinski definition) is 2. The van der Waals surface area contributed by atoms with Gasteiger partial charge in [-0.15, -0.1) is 0 Å². The standard InChI is InChI=1S/C13H13BrFN3O/c1-7(2)10-6-11(18-17-10)16-13(19)12-8(14)4-3-5-9(12)15/h3-7H,1-2H3,(H2,16,17,18,19). The molecule has 0 aliphatic heterocycles. The number of H-pyrrole nitrogens is 1. The number of carbonyl (C=O) groups excluding carboxylic acids is 1. The zero-order valence-corrected chi connectivity index (χ0v) is 12.1. The van der Waals surface area contributed by atoms with Crippen LogP contribution < -0.4 is 5.32 Å². The Kier molecular flexibility index (Phi) is 3.99. The number of halogens is 2. The number of carbonyl (C=O) groups is 1. The van der Waals surface area contributed by atoms with E-state index in [1.165, 1.54) is 12.1 Å². The summed E-state index contributed by atoms with van der Waals surface area (Å²) in [6.07, 6.45) is 0. The summed E-state index contributed by atoms with van der Waals surface area (Å²) < 4.78 is 14.0. The van der Waals surface area contributed by atoms with Gasteiger partial charge in [-0.25, -0.2) is 4.39 Å². The molecule has 2 N–H and O–H groups in total. The van der Waals surface area contributed by atoms with Crippen LogP contribution in [0, 0.1) is 5.82 Å². The van der Waals surface area contributed by atoms with Gasteiger partial charge in [0, 0.05) is 16.2 Å². The first-order valence-electron chi connectivity index (χ1n) is 5.79. The van der Waals surface area contributed by atoms with Crippen molar-refractivity contribution in [2.75, 3.05) is 5.32 Å². The molecule has 0 saturated carbocycles. The van der Waals surface area contributed by atoms with Crippen LogP contribution in [0.1, 0.15) is 35.8 Å². The third-order valence-electron chi connectivity index (χ3n) is 2.65. The maximum atomic E-state index is 13.6. The van der Waals surface area contributed by atoms with Gasteiger partial charge in [0.15, 0.2) is 5.82 Å². The van der Waals surface area contributed by atoms with Crippen molar-refractivity contribution in [2.45, 2.75) is 19.8 Å². The topological polar surface area (TPSA) is 57.8 Å². The fourth-order valence-electron chi connectivity index (χ4n) is 1.59. The average molecular weight is 326 g/mol. The Morgan fingerprint density at radius 1 is 1.47 bits per heavy atom. The molecule has 0 aliphatic carbocycles. The van der Waals surface area contributed by atoms with Crippen molar-refractivity contribution >= 4 is 27.7 Å². The second-order valence-corrected chi connectivity index (χ2v) is 5.27. The monoisotopic (exact) mass is 325 g/mol. The molecular weight excluding hydrogens is 313 g/mol. The molecule has 1 amide bonds. The number of anilines is 1. The Bertz CT molecular complexity index is 589. The molecule has 0 fully saturated rings. The van der Waals surface area contributed by atoms with Crippen molar-refractivity contribution in [2.24, 2.45) is 0 Å². The summed E-state index contributed by atoms with van der Waals surface area (Å²) >= 11 is 3.16. The summed E-state index contributed by atoms with van der Waals surface area (Å²) in [5, 5.41) is 9.35. The summed E-state index contributed by atoms with van der Waals surface area (Å²) in [4.78, 5) is 12.0. The third kappa shape index (κ3) is 3.01. The maximum Gasteiger partial charge on any atom is 0.260 e. The van der Waals surface area contributed by atoms with Gasteiger partial charge in [0.1, 0.15) is 5.82 Å². The molecule has 2 aromatic rings. The van der Waals surface area contributed by atoms with Crippen LogP contribution in [0.4, 0.5) is 10.2 Å². The van der Waals surface area contributed by atoms with E-state index in [2.05, 4.69) is 31.4 Å². The molecule has 1 aromatic carbocycles. The molecule has 4 nitrogen and oxygen atoms in total. The van der Waals surface area contributed by atoms with Crippen LogP contribution in [0.5, 0.6) is 0 Å². The first kappa shape index (κ1) is 13.7. The van der Waals surface area contributed by atoms with Crippen molar-refractivity contribution in [3.8, 4) is 0 Å². The van der Waals surface area contributed by atoms with Crippen LogP contribution in [0.3, 0.4) is 0 Å². The van der Waals surface area contributed by atoms with E-state index in [1.54, 1.807) is 12.1 Å². The summed E-state index contributed by atoms with van der Waals surface area (Å²) in [5.41, 5.74) is 0.875. The summed E-state index contributed by atoms with van der Waals surface area (Å²) in [5.74, 6) is -0.458. The summed E-state index contributed by atoms with van der Waals surface area (Å²) in [6.45, 7) is 4.01. The number of benzene rings is 1. The van der Waals surface area contributed by atoms with E-state index in [4.69, 9.17) is 0 Å². The highest BCUT2D eigenvalue weighted by Gasteiger charge is 2.16. The number of rotatable bonds is 3. The van der Waals surface area contributed by atoms with Gasteiger partial charge in [0.05, 0.1) is 5.56 Å². The molecular formula is C13H13BrFN3O. The molecule has 0 radical (unpaired) electrons. The number of aromatic nitrogens is 2. The van der Waals surface area contributed by atoms with E-state index in [0.717, 1.165) is 5.69 Å². The van der Waals surface area contributed by atoms with Crippen LogP contribution in [-0.4, -0.2) is 16.1 Å². The molecule has 1 heterocycles. The Hall–Kier alpha value is -1.69. The van der Waals surface area contributed by atoms with E-state index in [9.17, 15) is 9.18 Å². The average Bonchev–Trinajstić information content (AvgIpc) is 2.77. The SMILES string of the molecule is CC(C)c1cc(NC(=O)c2c(F)cccc2Br)n[nH]1. The van der Waals surface area contributed by atoms with Gasteiger partial charge in [0.25, 0.3) is 5.91 Å². The highest BCUT2D eigenvalue weighted by molar-refractivity contribution is 9.10. The minimum Gasteiger partial charge on any atom is -0.305 e. The molecule has 100 valence electrons. The van der Waals surface area contributed by atoms with Crippen LogP contribution >= 0.6 is 15.9 Å². The van der Waals surface area contributed by atoms with E-state index in [0.29, 0.717) is 10.3 Å². The number of aromatic amines is 1. The largest absolute Gasteiger partial charge is 0.305 e. The van der Waals surface area contributed by atoms with Crippen molar-refractivity contribution in [3.05, 3.63) is 45.8 Å². The number of amides is 1. The summed E-state index contributed by atoms with van der Waals surface area (Å²) in [7, 11) is 0. The lowest BCUT2D eigenvalue weighted by Gasteiger charge is -2.05. The van der Waals surface area contributed by atoms with Gasteiger partial charge in [-0.1, -0.05) is 19.9 Å². The van der Waals surface area contributed by atoms with E-state index in [1.807, 2.05) is 13.8 Å². The lowest BCUT2D eigenvalue weighted by Crippen LogP contribution is -2.14. The van der Waals surface area contributed by atoms with Gasteiger partial charge in [-0.3, -0.25) is 9.89 Å². The highest BCUT2D eigenvalue weighted by atomic mass is 79.9. The molecule has 0 unspecified atom stereocenters. The van der Waals surface area contributed by atoms with E-state index in [-0.39, 0.29) is 11.5 Å². The Morgan fingerprint density at radius 2 is 2.21 bits per heavy atom. The first-order chi connectivity index (χ1) is 8.99. The number of hydrogen-bond acceptors (Lipinski definition) is 2. The van der Waals surface area contributed by atoms with Gasteiger partial charge < -0.3 is 5.32 Å². The fraction of sp³-hybridized carbons (Fsp3) is 0.231. The van der Waals surface area contributed by atoms with Gasteiger partial charge in [-0.05, 0) is 34.0 Å². The molecule has 0 bridgehead atoms. The van der Waals surface area contributed by atoms with Gasteiger partial charge in [-0.2, -0.15) is 5.10 Å². The number of nitrogens with zero attached hydrogens (tertiary/aromatic N) is 1. The Morgan fingerprint density at radius 3 is 2.79 bits per heavy atom. The molecule has 1 aromatic heterocycles. The van der Waals surface area contributed by atoms with Crippen LogP contribution in [-0.2, 0) is 0 Å². The second kappa shape index (κ2) is 5.52. The molecule has 6 heteroatoms. The normalized spacial score (nSPS) is 10.8. The molecule has 0 aliphatic rings. The minimum absolute atomic E-state index is 0.0309. The van der Waals surface area contributed by atoms with Gasteiger partial charge >= 0.3 is 0 Å². The van der Waals surface area contributed by atoms with Crippen molar-refractivity contribution < 1.29 is 9.18 Å². The van der Waals surface area contributed by atoms with Crippen molar-refractivity contribution in [1.29, 1.82) is 0 Å².